The molecule has 1 saturated heterocycles. The van der Waals surface area contributed by atoms with Crippen LogP contribution in [0.5, 0.6) is 5.75 Å². The molecule has 152 valence electrons. The minimum absolute atomic E-state index is 0.0443. The largest absolute Gasteiger partial charge is 0.492 e. The van der Waals surface area contributed by atoms with E-state index >= 15 is 0 Å². The van der Waals surface area contributed by atoms with Crippen LogP contribution >= 0.6 is 0 Å². The zero-order valence-corrected chi connectivity index (χ0v) is 16.2. The first-order valence-corrected chi connectivity index (χ1v) is 9.19. The Hall–Kier alpha value is -2.16. The van der Waals surface area contributed by atoms with E-state index in [1.165, 1.54) is 5.56 Å². The van der Waals surface area contributed by atoms with Gasteiger partial charge in [-0.25, -0.2) is 0 Å². The van der Waals surface area contributed by atoms with E-state index in [0.29, 0.717) is 13.0 Å². The van der Waals surface area contributed by atoms with Gasteiger partial charge in [-0.3, -0.25) is 14.5 Å². The summed E-state index contributed by atoms with van der Waals surface area (Å²) in [5, 5.41) is 5.33. The lowest BCUT2D eigenvalue weighted by atomic mass is 10.2. The molecule has 0 radical (unpaired) electrons. The molecule has 1 aromatic carbocycles. The third kappa shape index (κ3) is 10.5. The van der Waals surface area contributed by atoms with Crippen LogP contribution in [0.25, 0.3) is 0 Å². The maximum atomic E-state index is 10.4. The van der Waals surface area contributed by atoms with Gasteiger partial charge < -0.3 is 24.8 Å². The van der Waals surface area contributed by atoms with Gasteiger partial charge in [0.05, 0.1) is 19.8 Å². The third-order valence-corrected chi connectivity index (χ3v) is 3.74. The van der Waals surface area contributed by atoms with E-state index in [-0.39, 0.29) is 6.54 Å². The molecular weight excluding hydrogens is 350 g/mol. The van der Waals surface area contributed by atoms with Crippen molar-refractivity contribution in [3.63, 3.8) is 0 Å². The molecule has 0 aromatic heterocycles. The van der Waals surface area contributed by atoms with Crippen molar-refractivity contribution >= 4 is 12.4 Å². The highest BCUT2D eigenvalue weighted by molar-refractivity contribution is 5.73. The zero-order valence-electron chi connectivity index (χ0n) is 16.2. The van der Waals surface area contributed by atoms with Gasteiger partial charge in [-0.2, -0.15) is 0 Å². The zero-order chi connectivity index (χ0) is 19.7. The van der Waals surface area contributed by atoms with Crippen molar-refractivity contribution in [2.24, 2.45) is 0 Å². The van der Waals surface area contributed by atoms with Crippen LogP contribution in [0.1, 0.15) is 12.5 Å². The van der Waals surface area contributed by atoms with Crippen LogP contribution in [0.4, 0.5) is 0 Å². The number of ether oxygens (including phenoxy) is 3. The van der Waals surface area contributed by atoms with Gasteiger partial charge in [0.25, 0.3) is 0 Å². The summed E-state index contributed by atoms with van der Waals surface area (Å²) in [6.45, 7) is 8.27. The number of nitrogens with one attached hydrogen (secondary N) is 2. The molecule has 8 heteroatoms. The van der Waals surface area contributed by atoms with Crippen molar-refractivity contribution in [2.45, 2.75) is 13.5 Å². The quantitative estimate of drug-likeness (QED) is 0.448. The average Bonchev–Trinajstić information content (AvgIpc) is 2.69. The van der Waals surface area contributed by atoms with Crippen molar-refractivity contribution in [2.75, 3.05) is 59.7 Å². The molecule has 2 rings (SSSR count). The van der Waals surface area contributed by atoms with Crippen LogP contribution < -0.4 is 15.4 Å². The predicted octanol–water partition coefficient (Wildman–Crippen LogP) is 0.413. The van der Waals surface area contributed by atoms with Crippen LogP contribution in [0.15, 0.2) is 24.3 Å². The molecule has 1 aromatic rings. The minimum Gasteiger partial charge on any atom is -0.492 e. The molecule has 0 saturated carbocycles. The van der Waals surface area contributed by atoms with Crippen LogP contribution in [-0.4, -0.2) is 76.9 Å². The molecule has 0 aliphatic carbocycles. The van der Waals surface area contributed by atoms with Crippen molar-refractivity contribution in [3.8, 4) is 5.75 Å². The second kappa shape index (κ2) is 15.0. The van der Waals surface area contributed by atoms with Gasteiger partial charge in [-0.1, -0.05) is 18.2 Å². The number of rotatable bonds is 10. The fourth-order valence-corrected chi connectivity index (χ4v) is 2.43. The van der Waals surface area contributed by atoms with E-state index in [9.17, 15) is 9.59 Å². The first-order chi connectivity index (χ1) is 13.2. The van der Waals surface area contributed by atoms with Gasteiger partial charge in [0, 0.05) is 31.7 Å². The fraction of sp³-hybridized carbons (Fsp3) is 0.579. The Balaban J connectivity index is 0.000000345. The number of carbonyl (C=O) groups excluding carboxylic acids is 2. The molecule has 1 aliphatic heterocycles. The molecular formula is C19H31N3O5. The summed E-state index contributed by atoms with van der Waals surface area (Å²) in [6.07, 6.45) is 0.455. The van der Waals surface area contributed by atoms with Crippen LogP contribution in [-0.2, 0) is 25.6 Å². The second-order valence-electron chi connectivity index (χ2n) is 5.74. The fourth-order valence-electron chi connectivity index (χ4n) is 2.43. The highest BCUT2D eigenvalue weighted by Gasteiger charge is 2.10. The number of benzene rings is 1. The van der Waals surface area contributed by atoms with Gasteiger partial charge in [-0.05, 0) is 20.0 Å². The molecule has 0 spiro atoms. The summed E-state index contributed by atoms with van der Waals surface area (Å²) in [7, 11) is 1.95. The number of para-hydroxylation sites is 1. The lowest BCUT2D eigenvalue weighted by Gasteiger charge is -2.26. The first-order valence-electron chi connectivity index (χ1n) is 9.19. The van der Waals surface area contributed by atoms with Crippen molar-refractivity contribution in [3.05, 3.63) is 29.8 Å². The molecule has 1 amide bonds. The van der Waals surface area contributed by atoms with Gasteiger partial charge in [-0.15, -0.1) is 0 Å². The second-order valence-corrected chi connectivity index (χ2v) is 5.74. The number of hydrogen-bond donors (Lipinski definition) is 2. The molecule has 1 aliphatic rings. The Labute approximate surface area is 161 Å². The van der Waals surface area contributed by atoms with Crippen molar-refractivity contribution < 1.29 is 23.8 Å². The van der Waals surface area contributed by atoms with Crippen LogP contribution in [0.3, 0.4) is 0 Å². The molecule has 1 fully saturated rings. The highest BCUT2D eigenvalue weighted by atomic mass is 16.5. The maximum Gasteiger partial charge on any atom is 0.325 e. The van der Waals surface area contributed by atoms with Gasteiger partial charge in [0.2, 0.25) is 6.41 Å². The molecule has 2 N–H and O–H groups in total. The Bertz CT molecular complexity index is 536. The summed E-state index contributed by atoms with van der Waals surface area (Å²) in [4.78, 5) is 22.3. The number of morpholine rings is 1. The van der Waals surface area contributed by atoms with Gasteiger partial charge in [0.1, 0.15) is 18.9 Å². The number of carbonyl (C=O) groups is 2. The Kier molecular flexibility index (Phi) is 12.7. The standard InChI is InChI=1S/C14H22N2O2.C5H9NO3/c1-15-12-13-4-2-3-5-14(13)18-11-8-16-6-9-17-10-7-16;1-2-9-5(8)3-6-4-7/h2-5,15H,6-12H2,1H3;4H,2-3H2,1H3,(H,6,7). The Morgan fingerprint density at radius 1 is 1.30 bits per heavy atom. The predicted molar refractivity (Wildman–Crippen MR) is 103 cm³/mol. The summed E-state index contributed by atoms with van der Waals surface area (Å²) in [5.41, 5.74) is 1.21. The SMILES string of the molecule is CCOC(=O)CNC=O.CNCc1ccccc1OCCN1CCOCC1. The molecule has 1 heterocycles. The highest BCUT2D eigenvalue weighted by Crippen LogP contribution is 2.17. The van der Waals surface area contributed by atoms with E-state index in [2.05, 4.69) is 26.3 Å². The molecule has 0 atom stereocenters. The molecule has 0 unspecified atom stereocenters. The van der Waals surface area contributed by atoms with E-state index in [1.807, 2.05) is 25.2 Å². The normalized spacial score (nSPS) is 13.9. The van der Waals surface area contributed by atoms with E-state index in [0.717, 1.165) is 51.7 Å². The lowest BCUT2D eigenvalue weighted by molar-refractivity contribution is -0.142. The maximum absolute atomic E-state index is 10.4. The van der Waals surface area contributed by atoms with Gasteiger partial charge >= 0.3 is 5.97 Å². The first kappa shape index (κ1) is 22.9. The Morgan fingerprint density at radius 2 is 2.04 bits per heavy atom. The average molecular weight is 381 g/mol. The van der Waals surface area contributed by atoms with Crippen LogP contribution in [0, 0.1) is 0 Å². The van der Waals surface area contributed by atoms with E-state index in [1.54, 1.807) is 6.92 Å². The Morgan fingerprint density at radius 3 is 2.70 bits per heavy atom. The number of esters is 1. The van der Waals surface area contributed by atoms with Gasteiger partial charge in [0.15, 0.2) is 0 Å². The topological polar surface area (TPSA) is 89.1 Å². The monoisotopic (exact) mass is 381 g/mol. The van der Waals surface area contributed by atoms with E-state index in [4.69, 9.17) is 9.47 Å². The summed E-state index contributed by atoms with van der Waals surface area (Å²) in [6, 6.07) is 8.19. The molecule has 0 bridgehead atoms. The van der Waals surface area contributed by atoms with Crippen molar-refractivity contribution in [1.29, 1.82) is 0 Å². The van der Waals surface area contributed by atoms with E-state index < -0.39 is 5.97 Å². The van der Waals surface area contributed by atoms with Crippen LogP contribution in [0.2, 0.25) is 0 Å². The number of amides is 1. The molecule has 8 nitrogen and oxygen atoms in total. The summed E-state index contributed by atoms with van der Waals surface area (Å²) >= 11 is 0. The minimum atomic E-state index is -0.412. The van der Waals surface area contributed by atoms with Crippen molar-refractivity contribution in [1.82, 2.24) is 15.5 Å². The third-order valence-electron chi connectivity index (χ3n) is 3.74. The summed E-state index contributed by atoms with van der Waals surface area (Å²) < 4.78 is 15.7. The molecule has 27 heavy (non-hydrogen) atoms. The number of hydrogen-bond acceptors (Lipinski definition) is 7. The number of nitrogens with zero attached hydrogens (tertiary/aromatic N) is 1. The smallest absolute Gasteiger partial charge is 0.325 e. The summed E-state index contributed by atoms with van der Waals surface area (Å²) in [5.74, 6) is 0.574. The lowest BCUT2D eigenvalue weighted by Crippen LogP contribution is -2.38.